The van der Waals surface area contributed by atoms with Gasteiger partial charge in [0, 0.05) is 30.2 Å². The molecule has 0 unspecified atom stereocenters. The van der Waals surface area contributed by atoms with Gasteiger partial charge in [-0.05, 0) is 12.1 Å². The zero-order chi connectivity index (χ0) is 14.8. The third kappa shape index (κ3) is 3.65. The number of sulfonamides is 1. The average molecular weight is 315 g/mol. The van der Waals surface area contributed by atoms with E-state index in [1.807, 2.05) is 0 Å². The second kappa shape index (κ2) is 5.73. The Labute approximate surface area is 119 Å². The van der Waals surface area contributed by atoms with E-state index in [2.05, 4.69) is 9.82 Å². The Balaban J connectivity index is 2.06. The Kier molecular flexibility index (Phi) is 4.21. The highest BCUT2D eigenvalue weighted by atomic mass is 32.2. The van der Waals surface area contributed by atoms with Gasteiger partial charge < -0.3 is 5.11 Å². The second-order valence-corrected chi connectivity index (χ2v) is 7.30. The number of nitrogens with zero attached hydrogens (tertiary/aromatic N) is 2. The summed E-state index contributed by atoms with van der Waals surface area (Å²) in [5.74, 6) is -0.987. The number of carboxylic acids is 1. The molecular weight excluding hydrogens is 302 g/mol. The molecule has 2 rings (SSSR count). The summed E-state index contributed by atoms with van der Waals surface area (Å²) in [4.78, 5) is 11.1. The number of aromatic nitrogens is 2. The van der Waals surface area contributed by atoms with Crippen LogP contribution in [0.4, 0.5) is 0 Å². The minimum atomic E-state index is -3.63. The van der Waals surface area contributed by atoms with Gasteiger partial charge in [-0.2, -0.15) is 5.10 Å². The van der Waals surface area contributed by atoms with Gasteiger partial charge in [-0.15, -0.1) is 11.3 Å². The van der Waals surface area contributed by atoms with Crippen LogP contribution in [-0.4, -0.2) is 29.3 Å². The van der Waals surface area contributed by atoms with Crippen molar-refractivity contribution in [2.24, 2.45) is 7.05 Å². The first-order chi connectivity index (χ1) is 9.37. The Bertz CT molecular complexity index is 718. The van der Waals surface area contributed by atoms with E-state index < -0.39 is 16.0 Å². The van der Waals surface area contributed by atoms with Crippen LogP contribution in [0.25, 0.3) is 0 Å². The molecule has 20 heavy (non-hydrogen) atoms. The molecule has 0 aliphatic carbocycles. The molecule has 2 aromatic rings. The zero-order valence-electron chi connectivity index (χ0n) is 10.6. The maximum Gasteiger partial charge on any atom is 0.308 e. The summed E-state index contributed by atoms with van der Waals surface area (Å²) in [5.41, 5.74) is 0.749. The topological polar surface area (TPSA) is 101 Å². The highest BCUT2D eigenvalue weighted by molar-refractivity contribution is 7.91. The van der Waals surface area contributed by atoms with Gasteiger partial charge in [-0.1, -0.05) is 0 Å². The molecule has 0 bridgehead atoms. The molecule has 0 atom stereocenters. The smallest absolute Gasteiger partial charge is 0.308 e. The number of hydrogen-bond acceptors (Lipinski definition) is 5. The Hall–Kier alpha value is -1.71. The number of nitrogens with one attached hydrogen (secondary N) is 1. The number of thiophene rings is 1. The van der Waals surface area contributed by atoms with Crippen LogP contribution in [0.2, 0.25) is 0 Å². The number of hydrogen-bond donors (Lipinski definition) is 2. The van der Waals surface area contributed by atoms with E-state index >= 15 is 0 Å². The van der Waals surface area contributed by atoms with Gasteiger partial charge in [0.15, 0.2) is 0 Å². The lowest BCUT2D eigenvalue weighted by Gasteiger charge is -2.02. The van der Waals surface area contributed by atoms with Crippen LogP contribution in [0.3, 0.4) is 0 Å². The van der Waals surface area contributed by atoms with Crippen molar-refractivity contribution in [3.63, 3.8) is 0 Å². The summed E-state index contributed by atoms with van der Waals surface area (Å²) in [6.07, 6.45) is 3.11. The molecule has 0 radical (unpaired) electrons. The highest BCUT2D eigenvalue weighted by Gasteiger charge is 2.17. The lowest BCUT2D eigenvalue weighted by molar-refractivity contribution is -0.136. The van der Waals surface area contributed by atoms with Crippen molar-refractivity contribution >= 4 is 27.3 Å². The molecule has 9 heteroatoms. The van der Waals surface area contributed by atoms with Crippen LogP contribution in [-0.2, 0) is 34.8 Å². The van der Waals surface area contributed by atoms with Gasteiger partial charge >= 0.3 is 5.97 Å². The Morgan fingerprint density at radius 1 is 1.50 bits per heavy atom. The largest absolute Gasteiger partial charge is 0.481 e. The molecule has 0 spiro atoms. The van der Waals surface area contributed by atoms with Crippen molar-refractivity contribution in [1.82, 2.24) is 14.5 Å². The van der Waals surface area contributed by atoms with E-state index in [1.165, 1.54) is 12.1 Å². The molecule has 0 fully saturated rings. The van der Waals surface area contributed by atoms with Gasteiger partial charge in [0.1, 0.15) is 4.21 Å². The van der Waals surface area contributed by atoms with E-state index in [9.17, 15) is 13.2 Å². The van der Waals surface area contributed by atoms with Gasteiger partial charge in [0.25, 0.3) is 0 Å². The standard InChI is InChI=1S/C11H13N3O4S2/c1-14-7-8(5-12-14)6-13-20(17,18)11-3-2-9(19-11)4-10(15)16/h2-3,5,7,13H,4,6H2,1H3,(H,15,16). The maximum atomic E-state index is 12.0. The van der Waals surface area contributed by atoms with Crippen LogP contribution in [0.5, 0.6) is 0 Å². The zero-order valence-corrected chi connectivity index (χ0v) is 12.2. The molecule has 2 aromatic heterocycles. The minimum absolute atomic E-state index is 0.109. The summed E-state index contributed by atoms with van der Waals surface area (Å²) >= 11 is 0.956. The van der Waals surface area contributed by atoms with Crippen molar-refractivity contribution in [3.8, 4) is 0 Å². The van der Waals surface area contributed by atoms with E-state index in [1.54, 1.807) is 24.1 Å². The van der Waals surface area contributed by atoms with Gasteiger partial charge in [-0.3, -0.25) is 9.48 Å². The SMILES string of the molecule is Cn1cc(CNS(=O)(=O)c2ccc(CC(=O)O)s2)cn1. The third-order valence-electron chi connectivity index (χ3n) is 2.45. The molecule has 7 nitrogen and oxygen atoms in total. The van der Waals surface area contributed by atoms with Crippen molar-refractivity contribution in [2.45, 2.75) is 17.2 Å². The average Bonchev–Trinajstić information content (AvgIpc) is 2.95. The van der Waals surface area contributed by atoms with E-state index in [4.69, 9.17) is 5.11 Å². The Morgan fingerprint density at radius 3 is 2.85 bits per heavy atom. The monoisotopic (exact) mass is 315 g/mol. The summed E-state index contributed by atoms with van der Waals surface area (Å²) < 4.78 is 28.2. The second-order valence-electron chi connectivity index (χ2n) is 4.14. The first kappa shape index (κ1) is 14.7. The number of rotatable bonds is 6. The summed E-state index contributed by atoms with van der Waals surface area (Å²) in [7, 11) is -1.88. The summed E-state index contributed by atoms with van der Waals surface area (Å²) in [6, 6.07) is 2.92. The lowest BCUT2D eigenvalue weighted by atomic mass is 10.3. The Morgan fingerprint density at radius 2 is 2.25 bits per heavy atom. The van der Waals surface area contributed by atoms with Crippen LogP contribution in [0, 0.1) is 0 Å². The molecule has 0 aromatic carbocycles. The van der Waals surface area contributed by atoms with Gasteiger partial charge in [0.05, 0.1) is 12.6 Å². The number of aliphatic carboxylic acids is 1. The number of aryl methyl sites for hydroxylation is 1. The van der Waals surface area contributed by atoms with Gasteiger partial charge in [-0.25, -0.2) is 13.1 Å². The predicted molar refractivity (Wildman–Crippen MR) is 72.9 cm³/mol. The minimum Gasteiger partial charge on any atom is -0.481 e. The molecule has 0 saturated heterocycles. The highest BCUT2D eigenvalue weighted by Crippen LogP contribution is 2.22. The molecule has 108 valence electrons. The van der Waals surface area contributed by atoms with Crippen molar-refractivity contribution in [1.29, 1.82) is 0 Å². The maximum absolute atomic E-state index is 12.0. The predicted octanol–water partition coefficient (Wildman–Crippen LogP) is 0.587. The number of carbonyl (C=O) groups is 1. The van der Waals surface area contributed by atoms with Crippen LogP contribution < -0.4 is 4.72 Å². The molecule has 0 aliphatic rings. The van der Waals surface area contributed by atoms with E-state index in [-0.39, 0.29) is 17.2 Å². The van der Waals surface area contributed by atoms with Crippen LogP contribution in [0.1, 0.15) is 10.4 Å². The molecule has 2 heterocycles. The number of carboxylic acid groups (broad SMARTS) is 1. The molecule has 2 N–H and O–H groups in total. The molecule has 0 aliphatic heterocycles. The lowest BCUT2D eigenvalue weighted by Crippen LogP contribution is -2.22. The fraction of sp³-hybridized carbons (Fsp3) is 0.273. The van der Waals surface area contributed by atoms with E-state index in [0.717, 1.165) is 16.9 Å². The van der Waals surface area contributed by atoms with Crippen molar-refractivity contribution in [3.05, 3.63) is 35.0 Å². The van der Waals surface area contributed by atoms with Crippen LogP contribution in [0.15, 0.2) is 28.7 Å². The first-order valence-electron chi connectivity index (χ1n) is 5.64. The molecule has 0 amide bonds. The summed E-state index contributed by atoms with van der Waals surface area (Å²) in [5, 5.41) is 12.6. The van der Waals surface area contributed by atoms with Crippen LogP contribution >= 0.6 is 11.3 Å². The quantitative estimate of drug-likeness (QED) is 0.812. The summed E-state index contributed by atoms with van der Waals surface area (Å²) in [6.45, 7) is 0.141. The third-order valence-corrected chi connectivity index (χ3v) is 5.43. The molecule has 0 saturated carbocycles. The van der Waals surface area contributed by atoms with Crippen molar-refractivity contribution < 1.29 is 18.3 Å². The first-order valence-corrected chi connectivity index (χ1v) is 7.94. The fourth-order valence-corrected chi connectivity index (χ4v) is 3.97. The molecular formula is C11H13N3O4S2. The normalized spacial score (nSPS) is 11.7. The van der Waals surface area contributed by atoms with Crippen molar-refractivity contribution in [2.75, 3.05) is 0 Å². The van der Waals surface area contributed by atoms with E-state index in [0.29, 0.717) is 4.88 Å². The van der Waals surface area contributed by atoms with Gasteiger partial charge in [0.2, 0.25) is 10.0 Å². The fourth-order valence-electron chi connectivity index (χ4n) is 1.56.